The number of carbonyl (C=O) groups is 1. The SMILES string of the molecule is COc1cccc(CC(=O)NC2(c3cccc(F)c3)CCOCC2)c1. The van der Waals surface area contributed by atoms with Crippen molar-refractivity contribution in [1.29, 1.82) is 0 Å². The molecule has 25 heavy (non-hydrogen) atoms. The van der Waals surface area contributed by atoms with E-state index in [1.807, 2.05) is 30.3 Å². The molecule has 2 aromatic carbocycles. The molecule has 1 aliphatic rings. The zero-order valence-electron chi connectivity index (χ0n) is 14.3. The largest absolute Gasteiger partial charge is 0.497 e. The quantitative estimate of drug-likeness (QED) is 0.907. The van der Waals surface area contributed by atoms with Gasteiger partial charge in [0, 0.05) is 13.2 Å². The lowest BCUT2D eigenvalue weighted by Crippen LogP contribution is -2.50. The van der Waals surface area contributed by atoms with Crippen LogP contribution in [0, 0.1) is 5.82 Å². The van der Waals surface area contributed by atoms with E-state index in [4.69, 9.17) is 9.47 Å². The van der Waals surface area contributed by atoms with E-state index in [0.717, 1.165) is 16.9 Å². The maximum Gasteiger partial charge on any atom is 0.225 e. The van der Waals surface area contributed by atoms with E-state index in [1.54, 1.807) is 13.2 Å². The van der Waals surface area contributed by atoms with Crippen LogP contribution >= 0.6 is 0 Å². The standard InChI is InChI=1S/C20H22FNO3/c1-24-18-7-2-4-15(12-18)13-19(23)22-20(8-10-25-11-9-20)16-5-3-6-17(21)14-16/h2-7,12,14H,8-11,13H2,1H3,(H,22,23). The van der Waals surface area contributed by atoms with Crippen LogP contribution in [0.3, 0.4) is 0 Å². The topological polar surface area (TPSA) is 47.6 Å². The van der Waals surface area contributed by atoms with Crippen molar-refractivity contribution in [1.82, 2.24) is 5.32 Å². The molecule has 0 aromatic heterocycles. The van der Waals surface area contributed by atoms with Crippen molar-refractivity contribution in [2.24, 2.45) is 0 Å². The van der Waals surface area contributed by atoms with Gasteiger partial charge in [0.1, 0.15) is 11.6 Å². The molecule has 1 fully saturated rings. The van der Waals surface area contributed by atoms with Gasteiger partial charge in [-0.2, -0.15) is 0 Å². The van der Waals surface area contributed by atoms with Crippen molar-refractivity contribution in [2.45, 2.75) is 24.8 Å². The van der Waals surface area contributed by atoms with Crippen molar-refractivity contribution in [3.8, 4) is 5.75 Å². The molecule has 132 valence electrons. The van der Waals surface area contributed by atoms with Gasteiger partial charge < -0.3 is 14.8 Å². The number of amides is 1. The second-order valence-corrected chi connectivity index (χ2v) is 6.28. The van der Waals surface area contributed by atoms with E-state index >= 15 is 0 Å². The second kappa shape index (κ2) is 7.66. The van der Waals surface area contributed by atoms with E-state index in [2.05, 4.69) is 5.32 Å². The van der Waals surface area contributed by atoms with Gasteiger partial charge in [-0.1, -0.05) is 24.3 Å². The highest BCUT2D eigenvalue weighted by atomic mass is 19.1. The Kier molecular flexibility index (Phi) is 5.34. The first kappa shape index (κ1) is 17.4. The van der Waals surface area contributed by atoms with E-state index in [0.29, 0.717) is 26.1 Å². The summed E-state index contributed by atoms with van der Waals surface area (Å²) in [7, 11) is 1.60. The van der Waals surface area contributed by atoms with Crippen molar-refractivity contribution in [2.75, 3.05) is 20.3 Å². The Morgan fingerprint density at radius 3 is 2.68 bits per heavy atom. The number of carbonyl (C=O) groups excluding carboxylic acids is 1. The predicted octanol–water partition coefficient (Wildman–Crippen LogP) is 3.20. The van der Waals surface area contributed by atoms with E-state index in [-0.39, 0.29) is 18.1 Å². The Balaban J connectivity index is 1.79. The van der Waals surface area contributed by atoms with Crippen molar-refractivity contribution >= 4 is 5.91 Å². The Bertz CT molecular complexity index is 741. The molecule has 0 spiro atoms. The number of nitrogens with one attached hydrogen (secondary N) is 1. The first-order valence-electron chi connectivity index (χ1n) is 8.39. The van der Waals surface area contributed by atoms with Gasteiger partial charge in [0.15, 0.2) is 0 Å². The van der Waals surface area contributed by atoms with Gasteiger partial charge >= 0.3 is 0 Å². The minimum atomic E-state index is -0.587. The maximum absolute atomic E-state index is 13.7. The fourth-order valence-corrected chi connectivity index (χ4v) is 3.27. The van der Waals surface area contributed by atoms with Crippen LogP contribution in [0.2, 0.25) is 0 Å². The lowest BCUT2D eigenvalue weighted by Gasteiger charge is -2.38. The number of methoxy groups -OCH3 is 1. The highest BCUT2D eigenvalue weighted by Gasteiger charge is 2.36. The van der Waals surface area contributed by atoms with Crippen LogP contribution in [0.5, 0.6) is 5.75 Å². The predicted molar refractivity (Wildman–Crippen MR) is 93.0 cm³/mol. The molecule has 1 heterocycles. The molecule has 5 heteroatoms. The molecule has 0 atom stereocenters. The number of hydrogen-bond donors (Lipinski definition) is 1. The molecular weight excluding hydrogens is 321 g/mol. The Morgan fingerprint density at radius 2 is 1.96 bits per heavy atom. The van der Waals surface area contributed by atoms with E-state index in [1.165, 1.54) is 12.1 Å². The zero-order chi connectivity index (χ0) is 17.7. The fraction of sp³-hybridized carbons (Fsp3) is 0.350. The summed E-state index contributed by atoms with van der Waals surface area (Å²) in [5.41, 5.74) is 1.07. The molecule has 1 N–H and O–H groups in total. The molecule has 0 saturated carbocycles. The monoisotopic (exact) mass is 343 g/mol. The molecule has 0 aliphatic carbocycles. The molecular formula is C20H22FNO3. The van der Waals surface area contributed by atoms with Crippen LogP contribution in [0.4, 0.5) is 4.39 Å². The summed E-state index contributed by atoms with van der Waals surface area (Å²) in [6, 6.07) is 13.9. The van der Waals surface area contributed by atoms with Crippen molar-refractivity contribution in [3.63, 3.8) is 0 Å². The second-order valence-electron chi connectivity index (χ2n) is 6.28. The third-order valence-corrected chi connectivity index (χ3v) is 4.60. The molecule has 0 unspecified atom stereocenters. The Hall–Kier alpha value is -2.40. The number of benzene rings is 2. The van der Waals surface area contributed by atoms with Gasteiger partial charge in [0.05, 0.1) is 19.1 Å². The van der Waals surface area contributed by atoms with Gasteiger partial charge in [-0.15, -0.1) is 0 Å². The third-order valence-electron chi connectivity index (χ3n) is 4.60. The first-order chi connectivity index (χ1) is 12.1. The van der Waals surface area contributed by atoms with Gasteiger partial charge in [0.2, 0.25) is 5.91 Å². The summed E-state index contributed by atoms with van der Waals surface area (Å²) in [6.45, 7) is 1.08. The van der Waals surface area contributed by atoms with Crippen LogP contribution in [0.25, 0.3) is 0 Å². The van der Waals surface area contributed by atoms with Gasteiger partial charge in [-0.25, -0.2) is 4.39 Å². The number of hydrogen-bond acceptors (Lipinski definition) is 3. The van der Waals surface area contributed by atoms with Gasteiger partial charge in [0.25, 0.3) is 0 Å². The molecule has 3 rings (SSSR count). The highest BCUT2D eigenvalue weighted by molar-refractivity contribution is 5.79. The van der Waals surface area contributed by atoms with Crippen LogP contribution in [0.15, 0.2) is 48.5 Å². The Labute approximate surface area is 147 Å². The number of rotatable bonds is 5. The average Bonchev–Trinajstić information content (AvgIpc) is 2.62. The molecule has 1 amide bonds. The zero-order valence-corrected chi connectivity index (χ0v) is 14.3. The molecule has 0 bridgehead atoms. The summed E-state index contributed by atoms with van der Waals surface area (Å²) in [6.07, 6.45) is 1.50. The summed E-state index contributed by atoms with van der Waals surface area (Å²) in [5.74, 6) is 0.320. The van der Waals surface area contributed by atoms with Gasteiger partial charge in [-0.3, -0.25) is 4.79 Å². The molecule has 0 radical (unpaired) electrons. The molecule has 1 aliphatic heterocycles. The molecule has 4 nitrogen and oxygen atoms in total. The van der Waals surface area contributed by atoms with Crippen molar-refractivity contribution < 1.29 is 18.7 Å². The molecule has 1 saturated heterocycles. The third kappa shape index (κ3) is 4.17. The summed E-state index contributed by atoms with van der Waals surface area (Å²) in [5, 5.41) is 3.14. The average molecular weight is 343 g/mol. The maximum atomic E-state index is 13.7. The van der Waals surface area contributed by atoms with Crippen LogP contribution in [0.1, 0.15) is 24.0 Å². The normalized spacial score (nSPS) is 16.2. The fourth-order valence-electron chi connectivity index (χ4n) is 3.27. The minimum absolute atomic E-state index is 0.0978. The number of ether oxygens (including phenoxy) is 2. The van der Waals surface area contributed by atoms with Crippen molar-refractivity contribution in [3.05, 3.63) is 65.5 Å². The van der Waals surface area contributed by atoms with E-state index in [9.17, 15) is 9.18 Å². The molecule has 2 aromatic rings. The van der Waals surface area contributed by atoms with E-state index < -0.39 is 5.54 Å². The van der Waals surface area contributed by atoms with Gasteiger partial charge in [-0.05, 0) is 48.2 Å². The smallest absolute Gasteiger partial charge is 0.225 e. The minimum Gasteiger partial charge on any atom is -0.497 e. The van der Waals surface area contributed by atoms with Crippen LogP contribution in [-0.2, 0) is 21.5 Å². The lowest BCUT2D eigenvalue weighted by molar-refractivity contribution is -0.123. The number of halogens is 1. The highest BCUT2D eigenvalue weighted by Crippen LogP contribution is 2.32. The summed E-state index contributed by atoms with van der Waals surface area (Å²) in [4.78, 5) is 12.7. The van der Waals surface area contributed by atoms with Crippen LogP contribution in [-0.4, -0.2) is 26.2 Å². The van der Waals surface area contributed by atoms with Crippen LogP contribution < -0.4 is 10.1 Å². The summed E-state index contributed by atoms with van der Waals surface area (Å²) >= 11 is 0. The first-order valence-corrected chi connectivity index (χ1v) is 8.39. The summed E-state index contributed by atoms with van der Waals surface area (Å²) < 4.78 is 24.3. The lowest BCUT2D eigenvalue weighted by atomic mass is 9.82. The Morgan fingerprint density at radius 1 is 1.20 bits per heavy atom.